The van der Waals surface area contributed by atoms with Gasteiger partial charge in [0, 0.05) is 29.7 Å². The molecule has 0 aliphatic carbocycles. The van der Waals surface area contributed by atoms with E-state index in [1.165, 1.54) is 0 Å². The van der Waals surface area contributed by atoms with Gasteiger partial charge in [0.15, 0.2) is 0 Å². The number of nitrogens with zero attached hydrogens (tertiary/aromatic N) is 3. The van der Waals surface area contributed by atoms with Crippen molar-refractivity contribution in [3.05, 3.63) is 167 Å². The molecule has 0 bridgehead atoms. The second-order valence-electron chi connectivity index (χ2n) is 20.6. The van der Waals surface area contributed by atoms with Gasteiger partial charge in [-0.1, -0.05) is 169 Å². The van der Waals surface area contributed by atoms with Crippen LogP contribution in [0, 0.1) is 6.85 Å². The highest BCUT2D eigenvalue weighted by molar-refractivity contribution is 5.97. The molecule has 0 atom stereocenters. The predicted molar refractivity (Wildman–Crippen MR) is 277 cm³/mol. The molecule has 0 aliphatic heterocycles. The average Bonchev–Trinajstić information content (AvgIpc) is 3.88. The quantitative estimate of drug-likeness (QED) is 0.165. The number of aromatic hydroxyl groups is 1. The van der Waals surface area contributed by atoms with Gasteiger partial charge >= 0.3 is 0 Å². The number of rotatable bonds is 8. The van der Waals surface area contributed by atoms with Crippen molar-refractivity contribution in [1.82, 2.24) is 14.5 Å². The minimum atomic E-state index is -2.74. The molecule has 0 saturated carbocycles. The first-order valence-electron chi connectivity index (χ1n) is 28.7. The normalized spacial score (nSPS) is 15.9. The number of aromatic nitrogens is 3. The van der Waals surface area contributed by atoms with Gasteiger partial charge in [-0.3, -0.25) is 9.55 Å². The molecule has 1 N–H and O–H groups in total. The summed E-state index contributed by atoms with van der Waals surface area (Å²) in [5.74, 6) is -2.02. The fourth-order valence-corrected chi connectivity index (χ4v) is 8.46. The molecule has 2 aromatic heterocycles. The fourth-order valence-electron chi connectivity index (χ4n) is 8.46. The summed E-state index contributed by atoms with van der Waals surface area (Å²) in [5.41, 5.74) is 5.44. The molecular formula is C61H67N3O. The van der Waals surface area contributed by atoms with Crippen LogP contribution in [0.25, 0.3) is 72.7 Å². The molecule has 8 aromatic rings. The van der Waals surface area contributed by atoms with E-state index in [1.807, 2.05) is 108 Å². The van der Waals surface area contributed by atoms with Gasteiger partial charge < -0.3 is 5.11 Å². The highest BCUT2D eigenvalue weighted by Crippen LogP contribution is 2.46. The van der Waals surface area contributed by atoms with Crippen molar-refractivity contribution in [3.63, 3.8) is 0 Å². The SMILES string of the molecule is [2H]c1nc(-c2cc(-c3cccc4c3nc(-c3cc(C(C)(C)C)cc(C(C)(C)C)c3O)n4-c3ccc(-c4c(C([2H])(C)C)cccc4C([2H])(C)C)cc3C([2H])([2H])[2H])cc(C(C)(C)C)c2)c([2H])c(-c2c([2H])c([2H])c([2H])c([2H])c2[2H])c1[2H]. The Labute approximate surface area is 406 Å². The van der Waals surface area contributed by atoms with Gasteiger partial charge in [-0.2, -0.15) is 0 Å². The molecule has 0 aliphatic rings. The van der Waals surface area contributed by atoms with E-state index in [1.54, 1.807) is 50.5 Å². The van der Waals surface area contributed by atoms with Crippen LogP contribution in [0.3, 0.4) is 0 Å². The number of aryl methyl sites for hydroxylation is 1. The van der Waals surface area contributed by atoms with Gasteiger partial charge in [0.25, 0.3) is 0 Å². The fraction of sp³-hybridized carbons (Fsp3) is 0.311. The number of benzene rings is 6. The van der Waals surface area contributed by atoms with Crippen LogP contribution >= 0.6 is 0 Å². The number of phenolic OH excluding ortho intramolecular Hbond substituents is 1. The molecule has 0 spiro atoms. The number of imidazole rings is 1. The largest absolute Gasteiger partial charge is 0.507 e. The van der Waals surface area contributed by atoms with Gasteiger partial charge in [0.05, 0.1) is 38.9 Å². The molecule has 0 unspecified atom stereocenters. The molecule has 0 amide bonds. The van der Waals surface area contributed by atoms with Crippen LogP contribution < -0.4 is 0 Å². The van der Waals surface area contributed by atoms with Gasteiger partial charge in [-0.15, -0.1) is 0 Å². The zero-order chi connectivity index (χ0) is 58.1. The highest BCUT2D eigenvalue weighted by atomic mass is 16.3. The smallest absolute Gasteiger partial charge is 0.149 e. The van der Waals surface area contributed by atoms with Crippen LogP contribution in [0.15, 0.2) is 133 Å². The lowest BCUT2D eigenvalue weighted by Gasteiger charge is -2.27. The van der Waals surface area contributed by atoms with Crippen LogP contribution in [-0.4, -0.2) is 19.6 Å². The van der Waals surface area contributed by atoms with Crippen molar-refractivity contribution in [2.45, 2.75) is 125 Å². The maximum absolute atomic E-state index is 12.6. The Kier molecular flexibility index (Phi) is 8.23. The van der Waals surface area contributed by atoms with E-state index in [2.05, 4.69) is 25.8 Å². The summed E-state index contributed by atoms with van der Waals surface area (Å²) in [4.78, 5) is 9.89. The van der Waals surface area contributed by atoms with Crippen LogP contribution in [0.2, 0.25) is 0 Å². The van der Waals surface area contributed by atoms with E-state index >= 15 is 0 Å². The molecule has 0 radical (unpaired) electrons. The first-order valence-corrected chi connectivity index (χ1v) is 22.2. The Morgan fingerprint density at radius 3 is 1.91 bits per heavy atom. The molecule has 6 aromatic carbocycles. The number of phenols is 1. The average molecular weight is 871 g/mol. The van der Waals surface area contributed by atoms with Gasteiger partial charge in [-0.25, -0.2) is 4.98 Å². The van der Waals surface area contributed by atoms with Gasteiger partial charge in [0.2, 0.25) is 0 Å². The second-order valence-corrected chi connectivity index (χ2v) is 20.6. The number of fused-ring (bicyclic) bond motifs is 1. The van der Waals surface area contributed by atoms with Crippen molar-refractivity contribution in [2.24, 2.45) is 0 Å². The molecule has 0 saturated heterocycles. The topological polar surface area (TPSA) is 50.9 Å². The van der Waals surface area contributed by atoms with E-state index in [-0.39, 0.29) is 39.6 Å². The predicted octanol–water partition coefficient (Wildman–Crippen LogP) is 16.9. The first kappa shape index (κ1) is 31.6. The minimum Gasteiger partial charge on any atom is -0.507 e. The lowest BCUT2D eigenvalue weighted by atomic mass is 9.79. The third-order valence-electron chi connectivity index (χ3n) is 12.1. The molecule has 4 heteroatoms. The molecule has 8 rings (SSSR count). The molecular weight excluding hydrogens is 791 g/mol. The van der Waals surface area contributed by atoms with E-state index in [9.17, 15) is 13.3 Å². The summed E-state index contributed by atoms with van der Waals surface area (Å²) in [6, 6.07) is 21.6. The van der Waals surface area contributed by atoms with Gasteiger partial charge in [0.1, 0.15) is 11.6 Å². The second kappa shape index (κ2) is 16.9. The van der Waals surface area contributed by atoms with E-state index in [4.69, 9.17) is 14.6 Å². The molecule has 4 nitrogen and oxygen atoms in total. The summed E-state index contributed by atoms with van der Waals surface area (Å²) in [6.07, 6.45) is -0.564. The summed E-state index contributed by atoms with van der Waals surface area (Å²) in [7, 11) is 0. The van der Waals surface area contributed by atoms with Crippen molar-refractivity contribution < 1.29 is 22.9 Å². The van der Waals surface area contributed by atoms with Crippen molar-refractivity contribution in [1.29, 1.82) is 0 Å². The number of hydrogen-bond acceptors (Lipinski definition) is 3. The lowest BCUT2D eigenvalue weighted by molar-refractivity contribution is 0.446. The Morgan fingerprint density at radius 1 is 0.631 bits per heavy atom. The Balaban J connectivity index is 1.51. The monoisotopic (exact) mass is 871 g/mol. The Morgan fingerprint density at radius 2 is 1.28 bits per heavy atom. The van der Waals surface area contributed by atoms with Crippen molar-refractivity contribution in [2.75, 3.05) is 0 Å². The highest BCUT2D eigenvalue weighted by Gasteiger charge is 2.29. The Bertz CT molecular complexity index is 3680. The summed E-state index contributed by atoms with van der Waals surface area (Å²) in [6.45, 7) is 22.6. The van der Waals surface area contributed by atoms with Crippen LogP contribution in [0.5, 0.6) is 5.75 Å². The Hall–Kier alpha value is -6.26. The summed E-state index contributed by atoms with van der Waals surface area (Å²) >= 11 is 0. The number of hydrogen-bond donors (Lipinski definition) is 1. The standard InChI is InChI=1S/C61H67N3O/c1-37(2)47-22-18-23-48(38(3)4)55(47)42-26-27-53(39(5)30-42)64-54-25-19-24-49(56(54)63-58(64)50-35-46(60(9,10)11)36-51(57(50)65)61(12,13)14)43-31-44(33-45(32-43)59(6,7)8)52-34-41(28-29-62-52)40-20-16-15-17-21-40/h15-38,65H,1-14H3/i5D3,15D,16D,17D,20D,21D,28D,29D,34D,37D,38D. The van der Waals surface area contributed by atoms with Crippen LogP contribution in [0.4, 0.5) is 0 Å². The lowest BCUT2D eigenvalue weighted by Crippen LogP contribution is -2.17. The zero-order valence-corrected chi connectivity index (χ0v) is 39.9. The third-order valence-corrected chi connectivity index (χ3v) is 12.1. The first-order chi connectivity index (χ1) is 35.7. The maximum atomic E-state index is 12.6. The van der Waals surface area contributed by atoms with Gasteiger partial charge in [-0.05, 0) is 139 Å². The summed E-state index contributed by atoms with van der Waals surface area (Å²) < 4.78 is 118. The number of pyridine rings is 1. The van der Waals surface area contributed by atoms with Crippen LogP contribution in [0.1, 0.15) is 153 Å². The zero-order valence-electron chi connectivity index (χ0n) is 52.9. The molecule has 65 heavy (non-hydrogen) atoms. The third kappa shape index (κ3) is 8.80. The summed E-state index contributed by atoms with van der Waals surface area (Å²) in [5, 5.41) is 12.6. The molecule has 2 heterocycles. The molecule has 332 valence electrons. The maximum Gasteiger partial charge on any atom is 0.149 e. The van der Waals surface area contributed by atoms with Crippen molar-refractivity contribution in [3.8, 4) is 67.5 Å². The van der Waals surface area contributed by atoms with Crippen LogP contribution in [-0.2, 0) is 16.2 Å². The minimum absolute atomic E-state index is 0.0281. The van der Waals surface area contributed by atoms with Crippen molar-refractivity contribution >= 4 is 11.0 Å². The number of para-hydroxylation sites is 1. The molecule has 0 fully saturated rings. The van der Waals surface area contributed by atoms with E-state index in [0.29, 0.717) is 61.1 Å². The van der Waals surface area contributed by atoms with E-state index in [0.717, 1.165) is 11.1 Å². The van der Waals surface area contributed by atoms with E-state index < -0.39 is 83.4 Å².